The number of hydrogen-bond donors (Lipinski definition) is 1. The van der Waals surface area contributed by atoms with Crippen molar-refractivity contribution in [3.63, 3.8) is 0 Å². The van der Waals surface area contributed by atoms with E-state index in [2.05, 4.69) is 37.9 Å². The number of amides is 1. The summed E-state index contributed by atoms with van der Waals surface area (Å²) in [6, 6.07) is 12.7. The first kappa shape index (κ1) is 20.9. The summed E-state index contributed by atoms with van der Waals surface area (Å²) in [5, 5.41) is 8.59. The number of halogens is 3. The van der Waals surface area contributed by atoms with Gasteiger partial charge in [-0.25, -0.2) is 9.67 Å². The number of rotatable bonds is 7. The maximum atomic E-state index is 12.2. The van der Waals surface area contributed by atoms with Gasteiger partial charge in [0.05, 0.1) is 22.3 Å². The Morgan fingerprint density at radius 1 is 1.21 bits per heavy atom. The second-order valence-corrected chi connectivity index (χ2v) is 8.33. The summed E-state index contributed by atoms with van der Waals surface area (Å²) < 4.78 is 2.75. The van der Waals surface area contributed by atoms with Crippen molar-refractivity contribution in [2.24, 2.45) is 0 Å². The molecule has 0 aliphatic carbocycles. The molecule has 0 saturated carbocycles. The molecule has 0 saturated heterocycles. The number of anilines is 1. The fraction of sp³-hybridized carbons (Fsp3) is 0.105. The monoisotopic (exact) mass is 496 g/mol. The van der Waals surface area contributed by atoms with Crippen molar-refractivity contribution in [2.75, 3.05) is 11.1 Å². The number of carbonyl (C=O) groups is 1. The number of benzene rings is 2. The summed E-state index contributed by atoms with van der Waals surface area (Å²) in [4.78, 5) is 16.8. The van der Waals surface area contributed by atoms with Gasteiger partial charge in [0.2, 0.25) is 11.1 Å². The van der Waals surface area contributed by atoms with Crippen molar-refractivity contribution < 1.29 is 4.79 Å². The molecule has 0 aliphatic heterocycles. The van der Waals surface area contributed by atoms with Gasteiger partial charge in [0.15, 0.2) is 5.82 Å². The summed E-state index contributed by atoms with van der Waals surface area (Å²) >= 11 is 16.5. The minimum Gasteiger partial charge on any atom is -0.325 e. The maximum absolute atomic E-state index is 12.2. The van der Waals surface area contributed by atoms with E-state index in [1.165, 1.54) is 11.8 Å². The minimum absolute atomic E-state index is 0.165. The van der Waals surface area contributed by atoms with Gasteiger partial charge >= 0.3 is 0 Å². The number of hydrogen-bond acceptors (Lipinski definition) is 4. The molecule has 1 N–H and O–H groups in total. The molecule has 144 valence electrons. The normalized spacial score (nSPS) is 10.7. The third kappa shape index (κ3) is 5.38. The summed E-state index contributed by atoms with van der Waals surface area (Å²) in [6.45, 7) is 4.28. The van der Waals surface area contributed by atoms with Crippen LogP contribution < -0.4 is 5.32 Å². The molecule has 1 amide bonds. The summed E-state index contributed by atoms with van der Waals surface area (Å²) in [5.74, 6) is 0.700. The number of thioether (sulfide) groups is 1. The van der Waals surface area contributed by atoms with E-state index in [0.29, 0.717) is 27.4 Å². The fourth-order valence-electron chi connectivity index (χ4n) is 2.35. The Hall–Kier alpha value is -1.80. The Bertz CT molecular complexity index is 1010. The average molecular weight is 498 g/mol. The number of nitrogens with zero attached hydrogens (tertiary/aromatic N) is 3. The van der Waals surface area contributed by atoms with E-state index < -0.39 is 0 Å². The standard InChI is InChI=1S/C19H15BrCl2N4OS/c1-2-9-26-18(12-3-5-13(20)6-4-12)24-19(25-26)28-11-17(27)23-14-7-8-15(21)16(22)10-14/h2-8,10H,1,9,11H2,(H,23,27). The molecule has 5 nitrogen and oxygen atoms in total. The van der Waals surface area contributed by atoms with Crippen LogP contribution in [0.15, 0.2) is 64.7 Å². The highest BCUT2D eigenvalue weighted by Crippen LogP contribution is 2.26. The Balaban J connectivity index is 1.69. The lowest BCUT2D eigenvalue weighted by molar-refractivity contribution is -0.113. The zero-order chi connectivity index (χ0) is 20.1. The molecule has 0 fully saturated rings. The summed E-state index contributed by atoms with van der Waals surface area (Å²) in [5.41, 5.74) is 1.52. The molecule has 3 aromatic rings. The Morgan fingerprint density at radius 3 is 2.64 bits per heavy atom. The van der Waals surface area contributed by atoms with Crippen LogP contribution in [0.2, 0.25) is 10.0 Å². The van der Waals surface area contributed by atoms with E-state index in [1.54, 1.807) is 29.0 Å². The van der Waals surface area contributed by atoms with Gasteiger partial charge in [-0.3, -0.25) is 4.79 Å². The highest BCUT2D eigenvalue weighted by Gasteiger charge is 2.13. The van der Waals surface area contributed by atoms with Crippen molar-refractivity contribution in [2.45, 2.75) is 11.7 Å². The molecule has 28 heavy (non-hydrogen) atoms. The molecule has 0 aliphatic rings. The lowest BCUT2D eigenvalue weighted by Crippen LogP contribution is -2.14. The van der Waals surface area contributed by atoms with Crippen molar-refractivity contribution in [1.82, 2.24) is 14.8 Å². The van der Waals surface area contributed by atoms with Crippen molar-refractivity contribution in [3.8, 4) is 11.4 Å². The van der Waals surface area contributed by atoms with Crippen molar-refractivity contribution in [1.29, 1.82) is 0 Å². The average Bonchev–Trinajstić information content (AvgIpc) is 3.07. The highest BCUT2D eigenvalue weighted by atomic mass is 79.9. The Kier molecular flexibility index (Phi) is 7.18. The van der Waals surface area contributed by atoms with E-state index in [1.807, 2.05) is 24.3 Å². The van der Waals surface area contributed by atoms with E-state index in [-0.39, 0.29) is 11.7 Å². The number of carbonyl (C=O) groups excluding carboxylic acids is 1. The molecular weight excluding hydrogens is 483 g/mol. The molecule has 3 rings (SSSR count). The van der Waals surface area contributed by atoms with Gasteiger partial charge in [0.25, 0.3) is 0 Å². The lowest BCUT2D eigenvalue weighted by atomic mass is 10.2. The highest BCUT2D eigenvalue weighted by molar-refractivity contribution is 9.10. The second-order valence-electron chi connectivity index (χ2n) is 5.66. The zero-order valence-electron chi connectivity index (χ0n) is 14.5. The molecule has 1 aromatic heterocycles. The molecule has 0 atom stereocenters. The molecule has 9 heteroatoms. The largest absolute Gasteiger partial charge is 0.325 e. The summed E-state index contributed by atoms with van der Waals surface area (Å²) in [7, 11) is 0. The van der Waals surface area contributed by atoms with Gasteiger partial charge in [-0.15, -0.1) is 11.7 Å². The summed E-state index contributed by atoms with van der Waals surface area (Å²) in [6.07, 6.45) is 1.75. The molecule has 0 unspecified atom stereocenters. The van der Waals surface area contributed by atoms with Crippen LogP contribution in [0.4, 0.5) is 5.69 Å². The number of nitrogens with one attached hydrogen (secondary N) is 1. The number of allylic oxidation sites excluding steroid dienone is 1. The van der Waals surface area contributed by atoms with Gasteiger partial charge in [0.1, 0.15) is 0 Å². The smallest absolute Gasteiger partial charge is 0.234 e. The van der Waals surface area contributed by atoms with E-state index >= 15 is 0 Å². The van der Waals surface area contributed by atoms with E-state index in [4.69, 9.17) is 23.2 Å². The van der Waals surface area contributed by atoms with Crippen LogP contribution >= 0.6 is 50.9 Å². The predicted octanol–water partition coefficient (Wildman–Crippen LogP) is 5.93. The van der Waals surface area contributed by atoms with Crippen LogP contribution in [0.3, 0.4) is 0 Å². The van der Waals surface area contributed by atoms with Gasteiger partial charge in [-0.2, -0.15) is 0 Å². The third-order valence-corrected chi connectivity index (χ3v) is 5.70. The molecular formula is C19H15BrCl2N4OS. The van der Waals surface area contributed by atoms with Gasteiger partial charge < -0.3 is 5.32 Å². The third-order valence-electron chi connectivity index (χ3n) is 3.59. The molecule has 0 bridgehead atoms. The molecule has 2 aromatic carbocycles. The first-order valence-electron chi connectivity index (χ1n) is 8.15. The first-order chi connectivity index (χ1) is 13.5. The minimum atomic E-state index is -0.186. The first-order valence-corrected chi connectivity index (χ1v) is 10.7. The molecule has 0 radical (unpaired) electrons. The van der Waals surface area contributed by atoms with Crippen LogP contribution in [0.25, 0.3) is 11.4 Å². The fourth-order valence-corrected chi connectivity index (χ4v) is 3.55. The van der Waals surface area contributed by atoms with Gasteiger partial charge in [-0.1, -0.05) is 69.1 Å². The number of aromatic nitrogens is 3. The van der Waals surface area contributed by atoms with E-state index in [0.717, 1.165) is 15.9 Å². The van der Waals surface area contributed by atoms with Crippen LogP contribution in [-0.2, 0) is 11.3 Å². The van der Waals surface area contributed by atoms with Crippen LogP contribution in [0.1, 0.15) is 0 Å². The lowest BCUT2D eigenvalue weighted by Gasteiger charge is -2.05. The van der Waals surface area contributed by atoms with Crippen LogP contribution in [0, 0.1) is 0 Å². The maximum Gasteiger partial charge on any atom is 0.234 e. The van der Waals surface area contributed by atoms with Gasteiger partial charge in [-0.05, 0) is 30.3 Å². The quantitative estimate of drug-likeness (QED) is 0.324. The van der Waals surface area contributed by atoms with E-state index in [9.17, 15) is 4.79 Å². The zero-order valence-corrected chi connectivity index (χ0v) is 18.4. The van der Waals surface area contributed by atoms with Crippen LogP contribution in [0.5, 0.6) is 0 Å². The predicted molar refractivity (Wildman–Crippen MR) is 119 cm³/mol. The molecule has 1 heterocycles. The Labute approximate surface area is 185 Å². The Morgan fingerprint density at radius 2 is 1.96 bits per heavy atom. The van der Waals surface area contributed by atoms with Crippen molar-refractivity contribution >= 4 is 62.5 Å². The van der Waals surface area contributed by atoms with Crippen molar-refractivity contribution in [3.05, 3.63) is 69.6 Å². The second kappa shape index (κ2) is 9.60. The molecule has 0 spiro atoms. The topological polar surface area (TPSA) is 59.8 Å². The van der Waals surface area contributed by atoms with Crippen LogP contribution in [-0.4, -0.2) is 26.4 Å². The van der Waals surface area contributed by atoms with Gasteiger partial charge in [0, 0.05) is 15.7 Å². The SMILES string of the molecule is C=CCn1nc(SCC(=O)Nc2ccc(Cl)c(Cl)c2)nc1-c1ccc(Br)cc1.